The van der Waals surface area contributed by atoms with Gasteiger partial charge in [0, 0.05) is 18.7 Å². The lowest BCUT2D eigenvalue weighted by Crippen LogP contribution is -2.44. The number of nitrogens with one attached hydrogen (secondary N) is 1. The van der Waals surface area contributed by atoms with Crippen LogP contribution in [0.5, 0.6) is 0 Å². The predicted octanol–water partition coefficient (Wildman–Crippen LogP) is 1.41. The number of rotatable bonds is 5. The summed E-state index contributed by atoms with van der Waals surface area (Å²) in [5.41, 5.74) is 0.570. The second-order valence-corrected chi connectivity index (χ2v) is 4.22. The molecular weight excluding hydrogens is 248 g/mol. The summed E-state index contributed by atoms with van der Waals surface area (Å²) in [5, 5.41) is 12.0. The number of nitrogens with zero attached hydrogens (tertiary/aromatic N) is 1. The molecule has 2 N–H and O–H groups in total. The molecule has 1 rings (SSSR count). The van der Waals surface area contributed by atoms with Gasteiger partial charge in [0.1, 0.15) is 0 Å². The van der Waals surface area contributed by atoms with Gasteiger partial charge in [-0.15, -0.1) is 0 Å². The van der Waals surface area contributed by atoms with Crippen LogP contribution in [0.1, 0.15) is 23.7 Å². The Morgan fingerprint density at radius 1 is 1.33 bits per heavy atom. The Bertz CT molecular complexity index is 389. The Morgan fingerprint density at radius 2 is 2.00 bits per heavy atom. The minimum atomic E-state index is -0.223. The van der Waals surface area contributed by atoms with Crippen molar-refractivity contribution in [3.05, 3.63) is 35.9 Å². The molecule has 4 nitrogen and oxygen atoms in total. The quantitative estimate of drug-likeness (QED) is 0.791. The van der Waals surface area contributed by atoms with Crippen LogP contribution in [0, 0.1) is 0 Å². The molecule has 0 saturated heterocycles. The molecule has 0 radical (unpaired) electrons. The van der Waals surface area contributed by atoms with Crippen LogP contribution >= 0.6 is 12.2 Å². The van der Waals surface area contributed by atoms with Crippen molar-refractivity contribution in [3.8, 4) is 0 Å². The third-order valence-electron chi connectivity index (χ3n) is 2.41. The summed E-state index contributed by atoms with van der Waals surface area (Å²) in [6, 6.07) is 8.91. The van der Waals surface area contributed by atoms with Crippen LogP contribution in [-0.4, -0.2) is 40.7 Å². The molecule has 0 aliphatic carbocycles. The van der Waals surface area contributed by atoms with E-state index in [1.165, 1.54) is 0 Å². The topological polar surface area (TPSA) is 52.6 Å². The van der Waals surface area contributed by atoms with Crippen molar-refractivity contribution in [2.75, 3.05) is 19.7 Å². The molecule has 0 bridgehead atoms. The molecule has 18 heavy (non-hydrogen) atoms. The van der Waals surface area contributed by atoms with Crippen LogP contribution in [0.2, 0.25) is 0 Å². The van der Waals surface area contributed by atoms with E-state index in [1.54, 1.807) is 29.2 Å². The number of amides is 1. The zero-order valence-electron chi connectivity index (χ0n) is 10.4. The van der Waals surface area contributed by atoms with Crippen molar-refractivity contribution in [2.45, 2.75) is 13.3 Å². The number of thiocarbonyl (C=S) groups is 1. The molecule has 0 heterocycles. The van der Waals surface area contributed by atoms with Crippen LogP contribution in [0.15, 0.2) is 30.3 Å². The molecule has 1 aromatic carbocycles. The monoisotopic (exact) mass is 266 g/mol. The lowest BCUT2D eigenvalue weighted by Gasteiger charge is -2.23. The van der Waals surface area contributed by atoms with E-state index in [9.17, 15) is 4.79 Å². The van der Waals surface area contributed by atoms with E-state index in [-0.39, 0.29) is 12.5 Å². The number of carbonyl (C=O) groups is 1. The van der Waals surface area contributed by atoms with Gasteiger partial charge in [-0.1, -0.05) is 25.1 Å². The SMILES string of the molecule is CCCN(CCO)C(=S)NC(=O)c1ccccc1. The minimum absolute atomic E-state index is 0.0152. The van der Waals surface area contributed by atoms with Crippen LogP contribution < -0.4 is 5.32 Å². The van der Waals surface area contributed by atoms with Gasteiger partial charge in [-0.25, -0.2) is 0 Å². The standard InChI is InChI=1S/C13H18N2O2S/c1-2-8-15(9-10-16)13(18)14-12(17)11-6-4-3-5-7-11/h3-7,16H,2,8-10H2,1H3,(H,14,17,18). The van der Waals surface area contributed by atoms with E-state index in [4.69, 9.17) is 17.3 Å². The fraction of sp³-hybridized carbons (Fsp3) is 0.385. The maximum absolute atomic E-state index is 11.9. The van der Waals surface area contributed by atoms with Crippen molar-refractivity contribution >= 4 is 23.2 Å². The number of hydrogen-bond acceptors (Lipinski definition) is 3. The molecule has 98 valence electrons. The first kappa shape index (κ1) is 14.6. The summed E-state index contributed by atoms with van der Waals surface area (Å²) in [5.74, 6) is -0.223. The summed E-state index contributed by atoms with van der Waals surface area (Å²) in [4.78, 5) is 13.7. The van der Waals surface area contributed by atoms with Gasteiger partial charge in [-0.05, 0) is 30.8 Å². The maximum atomic E-state index is 11.9. The smallest absolute Gasteiger partial charge is 0.257 e. The Kier molecular flexibility index (Phi) is 6.32. The molecule has 0 unspecified atom stereocenters. The normalized spacial score (nSPS) is 9.89. The number of aliphatic hydroxyl groups excluding tert-OH is 1. The van der Waals surface area contributed by atoms with Gasteiger partial charge in [0.2, 0.25) is 0 Å². The van der Waals surface area contributed by atoms with Crippen molar-refractivity contribution in [1.29, 1.82) is 0 Å². The highest BCUT2D eigenvalue weighted by Gasteiger charge is 2.12. The molecule has 1 aromatic rings. The summed E-state index contributed by atoms with van der Waals surface area (Å²) in [6.45, 7) is 3.18. The first-order valence-electron chi connectivity index (χ1n) is 5.95. The predicted molar refractivity (Wildman–Crippen MR) is 75.5 cm³/mol. The van der Waals surface area contributed by atoms with Crippen molar-refractivity contribution in [2.24, 2.45) is 0 Å². The summed E-state index contributed by atoms with van der Waals surface area (Å²) in [6.07, 6.45) is 0.904. The van der Waals surface area contributed by atoms with E-state index < -0.39 is 0 Å². The largest absolute Gasteiger partial charge is 0.395 e. The Hall–Kier alpha value is -1.46. The van der Waals surface area contributed by atoms with Crippen molar-refractivity contribution in [1.82, 2.24) is 10.2 Å². The average molecular weight is 266 g/mol. The van der Waals surface area contributed by atoms with Crippen molar-refractivity contribution in [3.63, 3.8) is 0 Å². The van der Waals surface area contributed by atoms with Gasteiger partial charge in [-0.3, -0.25) is 10.1 Å². The number of carbonyl (C=O) groups excluding carboxylic acids is 1. The van der Waals surface area contributed by atoms with Gasteiger partial charge in [-0.2, -0.15) is 0 Å². The molecule has 0 saturated carbocycles. The van der Waals surface area contributed by atoms with E-state index in [0.717, 1.165) is 6.42 Å². The highest BCUT2D eigenvalue weighted by Crippen LogP contribution is 1.99. The number of hydrogen-bond donors (Lipinski definition) is 2. The Balaban J connectivity index is 2.60. The molecule has 0 atom stereocenters. The summed E-state index contributed by atoms with van der Waals surface area (Å²) >= 11 is 5.17. The highest BCUT2D eigenvalue weighted by atomic mass is 32.1. The molecule has 0 aromatic heterocycles. The summed E-state index contributed by atoms with van der Waals surface area (Å²) in [7, 11) is 0. The Labute approximate surface area is 113 Å². The second kappa shape index (κ2) is 7.79. The van der Waals surface area contributed by atoms with Crippen LogP contribution in [-0.2, 0) is 0 Å². The molecule has 0 aliphatic rings. The molecular formula is C13H18N2O2S. The third kappa shape index (κ3) is 4.43. The van der Waals surface area contributed by atoms with Gasteiger partial charge >= 0.3 is 0 Å². The first-order valence-corrected chi connectivity index (χ1v) is 6.36. The lowest BCUT2D eigenvalue weighted by atomic mass is 10.2. The van der Waals surface area contributed by atoms with E-state index in [1.807, 2.05) is 13.0 Å². The van der Waals surface area contributed by atoms with Crippen molar-refractivity contribution < 1.29 is 9.90 Å². The molecule has 1 amide bonds. The Morgan fingerprint density at radius 3 is 2.56 bits per heavy atom. The number of benzene rings is 1. The summed E-state index contributed by atoms with van der Waals surface area (Å²) < 4.78 is 0. The zero-order valence-corrected chi connectivity index (χ0v) is 11.2. The zero-order chi connectivity index (χ0) is 13.4. The van der Waals surface area contributed by atoms with Gasteiger partial charge in [0.25, 0.3) is 5.91 Å². The van der Waals surface area contributed by atoms with E-state index >= 15 is 0 Å². The minimum Gasteiger partial charge on any atom is -0.395 e. The van der Waals surface area contributed by atoms with Gasteiger partial charge in [0.15, 0.2) is 5.11 Å². The molecule has 5 heteroatoms. The number of aliphatic hydroxyl groups is 1. The van der Waals surface area contributed by atoms with Crippen LogP contribution in [0.4, 0.5) is 0 Å². The first-order chi connectivity index (χ1) is 8.69. The highest BCUT2D eigenvalue weighted by molar-refractivity contribution is 7.80. The fourth-order valence-corrected chi connectivity index (χ4v) is 1.82. The molecule has 0 fully saturated rings. The lowest BCUT2D eigenvalue weighted by molar-refractivity contribution is 0.0972. The van der Waals surface area contributed by atoms with Crippen LogP contribution in [0.3, 0.4) is 0 Å². The van der Waals surface area contributed by atoms with Gasteiger partial charge in [0.05, 0.1) is 6.61 Å². The van der Waals surface area contributed by atoms with E-state index in [0.29, 0.717) is 23.8 Å². The second-order valence-electron chi connectivity index (χ2n) is 3.84. The molecule has 0 aliphatic heterocycles. The molecule has 0 spiro atoms. The maximum Gasteiger partial charge on any atom is 0.257 e. The van der Waals surface area contributed by atoms with Crippen LogP contribution in [0.25, 0.3) is 0 Å². The average Bonchev–Trinajstić information content (AvgIpc) is 2.39. The third-order valence-corrected chi connectivity index (χ3v) is 2.77. The van der Waals surface area contributed by atoms with Gasteiger partial charge < -0.3 is 10.0 Å². The van der Waals surface area contributed by atoms with E-state index in [2.05, 4.69) is 5.32 Å². The fourth-order valence-electron chi connectivity index (χ4n) is 1.54.